The zero-order chi connectivity index (χ0) is 15.4. The van der Waals surface area contributed by atoms with Crippen molar-refractivity contribution in [3.63, 3.8) is 0 Å². The Kier molecular flexibility index (Phi) is 4.68. The van der Waals surface area contributed by atoms with Gasteiger partial charge in [-0.1, -0.05) is 12.1 Å². The number of nitrogens with one attached hydrogen (secondary N) is 1. The van der Waals surface area contributed by atoms with Crippen molar-refractivity contribution >= 4 is 11.4 Å². The van der Waals surface area contributed by atoms with E-state index in [0.29, 0.717) is 12.5 Å². The molecule has 22 heavy (non-hydrogen) atoms. The third kappa shape index (κ3) is 3.45. The van der Waals surface area contributed by atoms with Crippen molar-refractivity contribution in [1.82, 2.24) is 4.57 Å². The van der Waals surface area contributed by atoms with E-state index in [1.54, 1.807) is 0 Å². The highest BCUT2D eigenvalue weighted by Gasteiger charge is 2.20. The van der Waals surface area contributed by atoms with Gasteiger partial charge in [0.05, 0.1) is 11.4 Å². The summed E-state index contributed by atoms with van der Waals surface area (Å²) in [5.41, 5.74) is 3.75. The highest BCUT2D eigenvalue weighted by atomic mass is 16.3. The predicted molar refractivity (Wildman–Crippen MR) is 91.2 cm³/mol. The number of aliphatic hydroxyl groups excluding tert-OH is 1. The number of aliphatic hydroxyl groups is 1. The molecule has 0 aliphatic carbocycles. The number of benzene rings is 1. The maximum Gasteiger partial charge on any atom is 0.0602 e. The average Bonchev–Trinajstić information content (AvgIpc) is 2.99. The van der Waals surface area contributed by atoms with Crippen molar-refractivity contribution < 1.29 is 5.11 Å². The fourth-order valence-electron chi connectivity index (χ4n) is 3.12. The number of rotatable bonds is 5. The number of para-hydroxylation sites is 2. The van der Waals surface area contributed by atoms with Crippen molar-refractivity contribution in [1.29, 1.82) is 0 Å². The van der Waals surface area contributed by atoms with Gasteiger partial charge >= 0.3 is 0 Å². The molecule has 3 rings (SSSR count). The average molecular weight is 299 g/mol. The molecule has 1 fully saturated rings. The lowest BCUT2D eigenvalue weighted by molar-refractivity contribution is 0.203. The number of anilines is 2. The van der Waals surface area contributed by atoms with Crippen LogP contribution >= 0.6 is 0 Å². The summed E-state index contributed by atoms with van der Waals surface area (Å²) < 4.78 is 2.07. The summed E-state index contributed by atoms with van der Waals surface area (Å²) in [5.74, 6) is 0.473. The van der Waals surface area contributed by atoms with E-state index in [1.165, 1.54) is 16.9 Å². The molecule has 2 aromatic rings. The van der Waals surface area contributed by atoms with Gasteiger partial charge in [0.1, 0.15) is 0 Å². The van der Waals surface area contributed by atoms with Crippen molar-refractivity contribution in [3.8, 4) is 0 Å². The van der Waals surface area contributed by atoms with Gasteiger partial charge in [-0.3, -0.25) is 0 Å². The summed E-state index contributed by atoms with van der Waals surface area (Å²) in [5, 5.41) is 12.8. The zero-order valence-corrected chi connectivity index (χ0v) is 13.2. The number of nitrogens with zero attached hydrogens (tertiary/aromatic N) is 2. The first-order chi connectivity index (χ1) is 10.8. The molecule has 1 aromatic heterocycles. The van der Waals surface area contributed by atoms with Gasteiger partial charge in [-0.2, -0.15) is 0 Å². The fraction of sp³-hybridized carbons (Fsp3) is 0.444. The topological polar surface area (TPSA) is 40.4 Å². The van der Waals surface area contributed by atoms with Gasteiger partial charge in [0, 0.05) is 45.7 Å². The normalized spacial score (nSPS) is 16.0. The van der Waals surface area contributed by atoms with Gasteiger partial charge in [0.25, 0.3) is 0 Å². The van der Waals surface area contributed by atoms with E-state index in [9.17, 15) is 5.11 Å². The third-order valence-electron chi connectivity index (χ3n) is 4.49. The minimum Gasteiger partial charge on any atom is -0.396 e. The molecular formula is C18H25N3O. The van der Waals surface area contributed by atoms with Crippen LogP contribution in [0.1, 0.15) is 18.4 Å². The Morgan fingerprint density at radius 1 is 1.18 bits per heavy atom. The summed E-state index contributed by atoms with van der Waals surface area (Å²) in [6.07, 6.45) is 6.36. The molecular weight excluding hydrogens is 274 g/mol. The number of aromatic nitrogens is 1. The van der Waals surface area contributed by atoms with Crippen LogP contribution in [-0.4, -0.2) is 29.4 Å². The van der Waals surface area contributed by atoms with Crippen LogP contribution < -0.4 is 10.2 Å². The molecule has 4 nitrogen and oxygen atoms in total. The molecule has 0 amide bonds. The predicted octanol–water partition coefficient (Wildman–Crippen LogP) is 2.85. The standard InChI is InChI=1S/C18H25N3O/c1-20-9-6-16(13-20)12-19-17-4-2-3-5-18(17)21-10-7-15(14-22)8-11-21/h2-6,9,13,15,19,22H,7-8,10-12,14H2,1H3. The second-order valence-corrected chi connectivity index (χ2v) is 6.17. The smallest absolute Gasteiger partial charge is 0.0602 e. The van der Waals surface area contributed by atoms with E-state index < -0.39 is 0 Å². The highest BCUT2D eigenvalue weighted by Crippen LogP contribution is 2.30. The Balaban J connectivity index is 1.67. The van der Waals surface area contributed by atoms with E-state index in [0.717, 1.165) is 32.5 Å². The number of piperidine rings is 1. The van der Waals surface area contributed by atoms with E-state index in [-0.39, 0.29) is 0 Å². The monoisotopic (exact) mass is 299 g/mol. The van der Waals surface area contributed by atoms with Gasteiger partial charge < -0.3 is 19.9 Å². The quantitative estimate of drug-likeness (QED) is 0.892. The molecule has 118 valence electrons. The van der Waals surface area contributed by atoms with Gasteiger partial charge in [-0.15, -0.1) is 0 Å². The van der Waals surface area contributed by atoms with Crippen molar-refractivity contribution in [2.75, 3.05) is 29.9 Å². The van der Waals surface area contributed by atoms with E-state index in [1.807, 2.05) is 7.05 Å². The summed E-state index contributed by atoms with van der Waals surface area (Å²) in [6.45, 7) is 3.21. The Bertz CT molecular complexity index is 600. The largest absolute Gasteiger partial charge is 0.396 e. The first kappa shape index (κ1) is 15.0. The van der Waals surface area contributed by atoms with Gasteiger partial charge in [-0.05, 0) is 42.5 Å². The summed E-state index contributed by atoms with van der Waals surface area (Å²) >= 11 is 0. The van der Waals surface area contributed by atoms with E-state index in [4.69, 9.17) is 0 Å². The molecule has 0 unspecified atom stereocenters. The van der Waals surface area contributed by atoms with E-state index in [2.05, 4.69) is 57.5 Å². The van der Waals surface area contributed by atoms with Crippen LogP contribution in [0.5, 0.6) is 0 Å². The first-order valence-electron chi connectivity index (χ1n) is 8.06. The molecule has 1 saturated heterocycles. The highest BCUT2D eigenvalue weighted by molar-refractivity contribution is 5.70. The molecule has 1 aliphatic rings. The lowest BCUT2D eigenvalue weighted by Crippen LogP contribution is -2.35. The molecule has 0 saturated carbocycles. The van der Waals surface area contributed by atoms with Crippen LogP contribution in [0, 0.1) is 5.92 Å². The second kappa shape index (κ2) is 6.88. The van der Waals surface area contributed by atoms with Gasteiger partial charge in [-0.25, -0.2) is 0 Å². The van der Waals surface area contributed by atoms with Crippen molar-refractivity contribution in [2.45, 2.75) is 19.4 Å². The van der Waals surface area contributed by atoms with Gasteiger partial charge in [0.15, 0.2) is 0 Å². The Morgan fingerprint density at radius 3 is 2.64 bits per heavy atom. The lowest BCUT2D eigenvalue weighted by atomic mass is 9.97. The molecule has 0 radical (unpaired) electrons. The lowest BCUT2D eigenvalue weighted by Gasteiger charge is -2.34. The molecule has 2 N–H and O–H groups in total. The molecule has 1 aliphatic heterocycles. The minimum atomic E-state index is 0.321. The molecule has 0 spiro atoms. The number of hydrogen-bond acceptors (Lipinski definition) is 3. The van der Waals surface area contributed by atoms with Crippen molar-refractivity contribution in [2.24, 2.45) is 13.0 Å². The van der Waals surface area contributed by atoms with Crippen LogP contribution in [0.25, 0.3) is 0 Å². The minimum absolute atomic E-state index is 0.321. The summed E-state index contributed by atoms with van der Waals surface area (Å²) in [6, 6.07) is 10.7. The second-order valence-electron chi connectivity index (χ2n) is 6.17. The summed E-state index contributed by atoms with van der Waals surface area (Å²) in [4.78, 5) is 2.43. The molecule has 0 atom stereocenters. The molecule has 1 aromatic carbocycles. The van der Waals surface area contributed by atoms with Crippen LogP contribution in [-0.2, 0) is 13.6 Å². The molecule has 2 heterocycles. The Labute approximate surface area is 132 Å². The van der Waals surface area contributed by atoms with Crippen LogP contribution in [0.3, 0.4) is 0 Å². The SMILES string of the molecule is Cn1ccc(CNc2ccccc2N2CCC(CO)CC2)c1. The maximum atomic E-state index is 9.28. The molecule has 0 bridgehead atoms. The molecule has 4 heteroatoms. The summed E-state index contributed by atoms with van der Waals surface area (Å²) in [7, 11) is 2.04. The number of hydrogen-bond donors (Lipinski definition) is 2. The zero-order valence-electron chi connectivity index (χ0n) is 13.2. The third-order valence-corrected chi connectivity index (χ3v) is 4.49. The number of aryl methyl sites for hydroxylation is 1. The van der Waals surface area contributed by atoms with E-state index >= 15 is 0 Å². The van der Waals surface area contributed by atoms with Crippen LogP contribution in [0.4, 0.5) is 11.4 Å². The Hall–Kier alpha value is -1.94. The van der Waals surface area contributed by atoms with Crippen molar-refractivity contribution in [3.05, 3.63) is 48.3 Å². The Morgan fingerprint density at radius 2 is 1.95 bits per heavy atom. The maximum absolute atomic E-state index is 9.28. The van der Waals surface area contributed by atoms with Crippen LogP contribution in [0.2, 0.25) is 0 Å². The first-order valence-corrected chi connectivity index (χ1v) is 8.06. The fourth-order valence-corrected chi connectivity index (χ4v) is 3.12. The van der Waals surface area contributed by atoms with Gasteiger partial charge in [0.2, 0.25) is 0 Å². The van der Waals surface area contributed by atoms with Crippen LogP contribution in [0.15, 0.2) is 42.7 Å².